The molecule has 0 bridgehead atoms. The summed E-state index contributed by atoms with van der Waals surface area (Å²) in [5, 5.41) is 3.03. The molecule has 2 aromatic carbocycles. The second-order valence-corrected chi connectivity index (χ2v) is 5.38. The Morgan fingerprint density at radius 3 is 2.52 bits per heavy atom. The van der Waals surface area contributed by atoms with Crippen molar-refractivity contribution in [1.82, 2.24) is 5.32 Å². The zero-order chi connectivity index (χ0) is 16.8. The summed E-state index contributed by atoms with van der Waals surface area (Å²) in [5.41, 5.74) is 0.738. The van der Waals surface area contributed by atoms with Crippen molar-refractivity contribution in [2.75, 3.05) is 6.61 Å². The van der Waals surface area contributed by atoms with Gasteiger partial charge in [0.15, 0.2) is 6.61 Å². The van der Waals surface area contributed by atoms with Crippen molar-refractivity contribution in [2.24, 2.45) is 0 Å². The van der Waals surface area contributed by atoms with E-state index < -0.39 is 24.3 Å². The molecule has 0 fully saturated rings. The average molecular weight is 356 g/mol. The van der Waals surface area contributed by atoms with E-state index in [1.165, 1.54) is 6.07 Å². The Morgan fingerprint density at radius 2 is 1.83 bits per heavy atom. The van der Waals surface area contributed by atoms with Crippen LogP contribution in [0.3, 0.4) is 0 Å². The number of benzene rings is 2. The van der Waals surface area contributed by atoms with Crippen molar-refractivity contribution in [3.05, 3.63) is 69.5 Å². The molecule has 4 nitrogen and oxygen atoms in total. The number of rotatable bonds is 5. The fourth-order valence-corrected chi connectivity index (χ4v) is 2.20. The number of hydrogen-bond acceptors (Lipinski definition) is 3. The first-order valence-corrected chi connectivity index (χ1v) is 7.35. The summed E-state index contributed by atoms with van der Waals surface area (Å²) in [6, 6.07) is 10.3. The van der Waals surface area contributed by atoms with Crippen LogP contribution in [0.2, 0.25) is 10.0 Å². The van der Waals surface area contributed by atoms with Gasteiger partial charge < -0.3 is 10.1 Å². The third-order valence-corrected chi connectivity index (χ3v) is 3.60. The first-order chi connectivity index (χ1) is 11.0. The molecule has 0 radical (unpaired) electrons. The van der Waals surface area contributed by atoms with Crippen LogP contribution in [-0.4, -0.2) is 18.5 Å². The Bertz CT molecular complexity index is 737. The van der Waals surface area contributed by atoms with E-state index in [0.29, 0.717) is 5.02 Å². The smallest absolute Gasteiger partial charge is 0.340 e. The van der Waals surface area contributed by atoms with Gasteiger partial charge in [-0.1, -0.05) is 41.4 Å². The van der Waals surface area contributed by atoms with Crippen LogP contribution in [0, 0.1) is 5.82 Å². The first-order valence-electron chi connectivity index (χ1n) is 6.59. The van der Waals surface area contributed by atoms with Crippen LogP contribution < -0.4 is 5.32 Å². The number of amides is 1. The minimum atomic E-state index is -0.803. The van der Waals surface area contributed by atoms with Gasteiger partial charge in [0.1, 0.15) is 5.82 Å². The summed E-state index contributed by atoms with van der Waals surface area (Å²) in [7, 11) is 0. The van der Waals surface area contributed by atoms with Gasteiger partial charge in [0.25, 0.3) is 5.91 Å². The Morgan fingerprint density at radius 1 is 1.09 bits per heavy atom. The van der Waals surface area contributed by atoms with Gasteiger partial charge in [-0.15, -0.1) is 0 Å². The van der Waals surface area contributed by atoms with Crippen LogP contribution in [-0.2, 0) is 16.1 Å². The lowest BCUT2D eigenvalue weighted by atomic mass is 10.2. The molecule has 1 amide bonds. The van der Waals surface area contributed by atoms with Crippen molar-refractivity contribution in [1.29, 1.82) is 0 Å². The average Bonchev–Trinajstić information content (AvgIpc) is 2.52. The summed E-state index contributed by atoms with van der Waals surface area (Å²) in [4.78, 5) is 23.5. The molecule has 120 valence electrons. The third kappa shape index (κ3) is 4.94. The maximum atomic E-state index is 12.9. The maximum absolute atomic E-state index is 12.9. The van der Waals surface area contributed by atoms with Gasteiger partial charge in [0, 0.05) is 11.6 Å². The SMILES string of the molecule is O=C(COC(=O)c1ccc(F)cc1Cl)NCc1ccccc1Cl. The predicted octanol–water partition coefficient (Wildman–Crippen LogP) is 3.61. The molecule has 23 heavy (non-hydrogen) atoms. The van der Waals surface area contributed by atoms with E-state index in [4.69, 9.17) is 27.9 Å². The van der Waals surface area contributed by atoms with E-state index in [-0.39, 0.29) is 17.1 Å². The van der Waals surface area contributed by atoms with E-state index >= 15 is 0 Å². The van der Waals surface area contributed by atoms with Gasteiger partial charge in [-0.3, -0.25) is 4.79 Å². The molecular weight excluding hydrogens is 344 g/mol. The van der Waals surface area contributed by atoms with E-state index in [0.717, 1.165) is 17.7 Å². The molecule has 1 N–H and O–H groups in total. The second-order valence-electron chi connectivity index (χ2n) is 4.57. The Balaban J connectivity index is 1.84. The summed E-state index contributed by atoms with van der Waals surface area (Å²) < 4.78 is 17.7. The highest BCUT2D eigenvalue weighted by atomic mass is 35.5. The fourth-order valence-electron chi connectivity index (χ4n) is 1.75. The van der Waals surface area contributed by atoms with Crippen LogP contribution in [0.25, 0.3) is 0 Å². The van der Waals surface area contributed by atoms with E-state index in [2.05, 4.69) is 5.32 Å². The quantitative estimate of drug-likeness (QED) is 0.833. The molecule has 0 aliphatic heterocycles. The van der Waals surface area contributed by atoms with Crippen molar-refractivity contribution < 1.29 is 18.7 Å². The highest BCUT2D eigenvalue weighted by molar-refractivity contribution is 6.33. The summed E-state index contributed by atoms with van der Waals surface area (Å²) in [5.74, 6) is -1.86. The molecule has 0 aliphatic carbocycles. The highest BCUT2D eigenvalue weighted by Crippen LogP contribution is 2.18. The van der Waals surface area contributed by atoms with Crippen LogP contribution >= 0.6 is 23.2 Å². The number of esters is 1. The van der Waals surface area contributed by atoms with Crippen molar-refractivity contribution in [3.8, 4) is 0 Å². The third-order valence-electron chi connectivity index (χ3n) is 2.92. The Labute approximate surface area is 142 Å². The van der Waals surface area contributed by atoms with Gasteiger partial charge in [0.2, 0.25) is 0 Å². The molecule has 7 heteroatoms. The number of hydrogen-bond donors (Lipinski definition) is 1. The molecule has 0 aliphatic rings. The second kappa shape index (κ2) is 7.94. The molecule has 2 rings (SSSR count). The summed E-state index contributed by atoms with van der Waals surface area (Å²) >= 11 is 11.7. The Hall–Kier alpha value is -2.11. The molecule has 2 aromatic rings. The topological polar surface area (TPSA) is 55.4 Å². The maximum Gasteiger partial charge on any atom is 0.340 e. The molecule has 0 saturated heterocycles. The van der Waals surface area contributed by atoms with E-state index in [1.807, 2.05) is 0 Å². The number of ether oxygens (including phenoxy) is 1. The predicted molar refractivity (Wildman–Crippen MR) is 85.0 cm³/mol. The monoisotopic (exact) mass is 355 g/mol. The molecular formula is C16H12Cl2FNO3. The van der Waals surface area contributed by atoms with Crippen LogP contribution in [0.1, 0.15) is 15.9 Å². The van der Waals surface area contributed by atoms with Crippen molar-refractivity contribution >= 4 is 35.1 Å². The standard InChI is InChI=1S/C16H12Cl2FNO3/c17-13-4-2-1-3-10(13)8-20-15(21)9-23-16(22)12-6-5-11(19)7-14(12)18/h1-7H,8-9H2,(H,20,21). The first kappa shape index (κ1) is 17.2. The van der Waals surface area contributed by atoms with Crippen LogP contribution in [0.5, 0.6) is 0 Å². The molecule has 0 atom stereocenters. The molecule has 0 unspecified atom stereocenters. The van der Waals surface area contributed by atoms with Crippen LogP contribution in [0.4, 0.5) is 4.39 Å². The molecule has 0 heterocycles. The number of carbonyl (C=O) groups is 2. The minimum absolute atomic E-state index is 0.00743. The molecule has 0 saturated carbocycles. The van der Waals surface area contributed by atoms with Crippen molar-refractivity contribution in [3.63, 3.8) is 0 Å². The number of nitrogens with one attached hydrogen (secondary N) is 1. The van der Waals surface area contributed by atoms with Crippen molar-refractivity contribution in [2.45, 2.75) is 6.54 Å². The van der Waals surface area contributed by atoms with Gasteiger partial charge in [-0.05, 0) is 29.8 Å². The lowest BCUT2D eigenvalue weighted by molar-refractivity contribution is -0.124. The van der Waals surface area contributed by atoms with Gasteiger partial charge in [-0.2, -0.15) is 0 Å². The number of halogens is 3. The normalized spacial score (nSPS) is 10.2. The lowest BCUT2D eigenvalue weighted by Crippen LogP contribution is -2.28. The summed E-state index contributed by atoms with van der Waals surface area (Å²) in [6.45, 7) is -0.260. The molecule has 0 aromatic heterocycles. The van der Waals surface area contributed by atoms with E-state index in [9.17, 15) is 14.0 Å². The lowest BCUT2D eigenvalue weighted by Gasteiger charge is -2.08. The van der Waals surface area contributed by atoms with Crippen LogP contribution in [0.15, 0.2) is 42.5 Å². The zero-order valence-electron chi connectivity index (χ0n) is 11.8. The highest BCUT2D eigenvalue weighted by Gasteiger charge is 2.14. The van der Waals surface area contributed by atoms with Gasteiger partial charge in [0.05, 0.1) is 10.6 Å². The van der Waals surface area contributed by atoms with Gasteiger partial charge >= 0.3 is 5.97 Å². The fraction of sp³-hybridized carbons (Fsp3) is 0.125. The number of carbonyl (C=O) groups excluding carboxylic acids is 2. The Kier molecular flexibility index (Phi) is 5.96. The largest absolute Gasteiger partial charge is 0.452 e. The molecule has 0 spiro atoms. The zero-order valence-corrected chi connectivity index (χ0v) is 13.3. The minimum Gasteiger partial charge on any atom is -0.452 e. The van der Waals surface area contributed by atoms with Gasteiger partial charge in [-0.25, -0.2) is 9.18 Å². The van der Waals surface area contributed by atoms with E-state index in [1.54, 1.807) is 24.3 Å². The summed E-state index contributed by atoms with van der Waals surface area (Å²) in [6.07, 6.45) is 0.